The van der Waals surface area contributed by atoms with Crippen molar-refractivity contribution in [2.24, 2.45) is 0 Å². The van der Waals surface area contributed by atoms with E-state index in [1.54, 1.807) is 6.20 Å². The van der Waals surface area contributed by atoms with Crippen LogP contribution in [-0.4, -0.2) is 65.6 Å². The fourth-order valence-corrected chi connectivity index (χ4v) is 8.14. The first-order valence-corrected chi connectivity index (χ1v) is 15.9. The molecule has 11 nitrogen and oxygen atoms in total. The number of rotatable bonds is 6. The molecule has 15 heteroatoms. The molecule has 3 aliphatic heterocycles. The number of thiazole rings is 1. The number of halogens is 3. The van der Waals surface area contributed by atoms with Gasteiger partial charge in [-0.15, -0.1) is 0 Å². The van der Waals surface area contributed by atoms with Crippen molar-refractivity contribution in [2.45, 2.75) is 62.9 Å². The molecule has 7 heterocycles. The molecule has 3 N–H and O–H groups in total. The molecule has 1 aromatic carbocycles. The van der Waals surface area contributed by atoms with Gasteiger partial charge in [-0.3, -0.25) is 9.69 Å². The number of anilines is 1. The van der Waals surface area contributed by atoms with Gasteiger partial charge in [-0.25, -0.2) is 22.8 Å². The first-order chi connectivity index (χ1) is 21.8. The fraction of sp³-hybridized carbons (Fsp3) is 0.433. The summed E-state index contributed by atoms with van der Waals surface area (Å²) in [5, 5.41) is 7.99. The molecular weight excluding hydrogens is 607 g/mol. The second kappa shape index (κ2) is 9.71. The quantitative estimate of drug-likeness (QED) is 0.284. The third-order valence-electron chi connectivity index (χ3n) is 9.57. The normalized spacial score (nSPS) is 23.0. The van der Waals surface area contributed by atoms with Crippen molar-refractivity contribution in [3.05, 3.63) is 51.6 Å². The van der Waals surface area contributed by atoms with Gasteiger partial charge in [0.2, 0.25) is 0 Å². The minimum absolute atomic E-state index is 0.0360. The van der Waals surface area contributed by atoms with Gasteiger partial charge in [0.1, 0.15) is 29.5 Å². The molecule has 0 unspecified atom stereocenters. The average Bonchev–Trinajstić information content (AvgIpc) is 3.34. The number of nitrogens with one attached hydrogen (secondary N) is 1. The Morgan fingerprint density at radius 2 is 2.02 bits per heavy atom. The maximum absolute atomic E-state index is 17.1. The number of aromatic nitrogens is 6. The molecule has 3 fully saturated rings. The highest BCUT2D eigenvalue weighted by Crippen LogP contribution is 2.43. The van der Waals surface area contributed by atoms with E-state index in [9.17, 15) is 13.6 Å². The molecule has 9 rings (SSSR count). The summed E-state index contributed by atoms with van der Waals surface area (Å²) in [7, 11) is 0. The van der Waals surface area contributed by atoms with Crippen molar-refractivity contribution < 1.29 is 17.9 Å². The van der Waals surface area contributed by atoms with Gasteiger partial charge >= 0.3 is 6.01 Å². The van der Waals surface area contributed by atoms with Crippen LogP contribution >= 0.6 is 11.3 Å². The predicted molar refractivity (Wildman–Crippen MR) is 161 cm³/mol. The van der Waals surface area contributed by atoms with E-state index in [4.69, 9.17) is 10.5 Å². The Kier molecular flexibility index (Phi) is 5.88. The zero-order valence-corrected chi connectivity index (χ0v) is 24.8. The summed E-state index contributed by atoms with van der Waals surface area (Å²) >= 11 is 0.959. The van der Waals surface area contributed by atoms with E-state index in [0.29, 0.717) is 38.9 Å². The van der Waals surface area contributed by atoms with Crippen LogP contribution in [0.1, 0.15) is 49.4 Å². The minimum Gasteiger partial charge on any atom is -0.461 e. The number of nitrogen functional groups attached to an aromatic ring is 1. The second-order valence-corrected chi connectivity index (χ2v) is 13.5. The third-order valence-corrected chi connectivity index (χ3v) is 10.5. The third kappa shape index (κ3) is 4.13. The number of hydrogen-bond acceptors (Lipinski definition) is 10. The summed E-state index contributed by atoms with van der Waals surface area (Å²) in [4.78, 5) is 30.0. The van der Waals surface area contributed by atoms with Gasteiger partial charge < -0.3 is 20.4 Å². The Labute approximate surface area is 257 Å². The first kappa shape index (κ1) is 27.2. The summed E-state index contributed by atoms with van der Waals surface area (Å²) in [5.74, 6) is -1.21. The zero-order chi connectivity index (χ0) is 30.6. The monoisotopic (exact) mass is 635 g/mol. The molecule has 0 amide bonds. The number of nitrogens with two attached hydrogens (primary N) is 1. The van der Waals surface area contributed by atoms with Gasteiger partial charge in [0.05, 0.1) is 27.1 Å². The summed E-state index contributed by atoms with van der Waals surface area (Å²) in [6.07, 6.45) is 4.22. The highest BCUT2D eigenvalue weighted by Gasteiger charge is 2.49. The smallest absolute Gasteiger partial charge is 0.319 e. The lowest BCUT2D eigenvalue weighted by Gasteiger charge is -2.30. The maximum Gasteiger partial charge on any atom is 0.319 e. The second-order valence-electron chi connectivity index (χ2n) is 12.5. The van der Waals surface area contributed by atoms with Crippen LogP contribution in [0.15, 0.2) is 23.1 Å². The Morgan fingerprint density at radius 1 is 1.16 bits per heavy atom. The standard InChI is InChI=1S/C30H28F3N9O2S/c31-15-8-30(6-1-7-40(30)12-15)13-44-29-37-23-20(26(38-29)41-11-14-9-35-10-19(14)39-41)27(43)42(16-2-3-16)24(21(23)33)17-4-5-18(32)25-22(17)36-28(34)45-25/h4-5,11,15-16,35H,1-3,6-10,12-13H2,(H2,34,36)/t15-,30+/m1/s1. The highest BCUT2D eigenvalue weighted by atomic mass is 32.1. The molecular formula is C30H28F3N9O2S. The van der Waals surface area contributed by atoms with Crippen molar-refractivity contribution in [3.8, 4) is 23.1 Å². The van der Waals surface area contributed by atoms with Crippen LogP contribution in [-0.2, 0) is 13.1 Å². The van der Waals surface area contributed by atoms with Crippen LogP contribution in [0.25, 0.3) is 38.2 Å². The number of nitrogens with zero attached hydrogens (tertiary/aromatic N) is 7. The van der Waals surface area contributed by atoms with E-state index in [-0.39, 0.29) is 62.0 Å². The lowest BCUT2D eigenvalue weighted by atomic mass is 9.95. The van der Waals surface area contributed by atoms with Crippen molar-refractivity contribution in [2.75, 3.05) is 25.4 Å². The number of hydrogen-bond donors (Lipinski definition) is 2. The van der Waals surface area contributed by atoms with Crippen LogP contribution in [0.4, 0.5) is 18.3 Å². The predicted octanol–water partition coefficient (Wildman–Crippen LogP) is 4.01. The Balaban J connectivity index is 1.27. The van der Waals surface area contributed by atoms with E-state index in [0.717, 1.165) is 42.0 Å². The summed E-state index contributed by atoms with van der Waals surface area (Å²) in [5.41, 5.74) is 6.86. The Bertz CT molecular complexity index is 2090. The van der Waals surface area contributed by atoms with E-state index >= 15 is 4.39 Å². The molecule has 2 atom stereocenters. The van der Waals surface area contributed by atoms with Crippen molar-refractivity contribution in [3.63, 3.8) is 0 Å². The minimum atomic E-state index is -0.949. The molecule has 2 saturated heterocycles. The number of ether oxygens (including phenoxy) is 1. The Hall–Kier alpha value is -4.08. The van der Waals surface area contributed by atoms with Gasteiger partial charge in [-0.1, -0.05) is 11.3 Å². The van der Waals surface area contributed by atoms with Crippen LogP contribution in [0, 0.1) is 11.6 Å². The van der Waals surface area contributed by atoms with Gasteiger partial charge in [-0.2, -0.15) is 15.1 Å². The number of fused-ring (bicyclic) bond motifs is 4. The molecule has 0 spiro atoms. The number of alkyl halides is 1. The van der Waals surface area contributed by atoms with Crippen molar-refractivity contribution in [1.82, 2.24) is 39.5 Å². The van der Waals surface area contributed by atoms with E-state index in [2.05, 4.69) is 30.3 Å². The fourth-order valence-electron chi connectivity index (χ4n) is 7.38. The molecule has 0 bridgehead atoms. The number of pyridine rings is 1. The SMILES string of the molecule is Nc1nc2c(-c3c(F)c4nc(OC[C@@]56CCCN5C[C@H](F)C6)nc(-n5cc6c(n5)CNC6)c4c(=O)n3C3CC3)ccc(F)c2s1. The van der Waals surface area contributed by atoms with Gasteiger partial charge in [0, 0.05) is 49.4 Å². The van der Waals surface area contributed by atoms with Gasteiger partial charge in [-0.05, 0) is 44.4 Å². The summed E-state index contributed by atoms with van der Waals surface area (Å²) in [6.45, 7) is 2.42. The maximum atomic E-state index is 17.1. The first-order valence-electron chi connectivity index (χ1n) is 15.1. The average molecular weight is 636 g/mol. The van der Waals surface area contributed by atoms with Crippen molar-refractivity contribution in [1.29, 1.82) is 0 Å². The van der Waals surface area contributed by atoms with Crippen LogP contribution < -0.4 is 21.3 Å². The Morgan fingerprint density at radius 3 is 2.84 bits per heavy atom. The largest absolute Gasteiger partial charge is 0.461 e. The van der Waals surface area contributed by atoms with E-state index in [1.807, 2.05) is 0 Å². The van der Waals surface area contributed by atoms with Crippen LogP contribution in [0.3, 0.4) is 0 Å². The van der Waals surface area contributed by atoms with Crippen LogP contribution in [0.2, 0.25) is 0 Å². The van der Waals surface area contributed by atoms with E-state index in [1.165, 1.54) is 21.4 Å². The van der Waals surface area contributed by atoms with Crippen LogP contribution in [0.5, 0.6) is 6.01 Å². The van der Waals surface area contributed by atoms with E-state index < -0.39 is 28.9 Å². The molecule has 0 radical (unpaired) electrons. The molecule has 5 aromatic rings. The lowest BCUT2D eigenvalue weighted by Crippen LogP contribution is -2.43. The summed E-state index contributed by atoms with van der Waals surface area (Å²) < 4.78 is 55.6. The highest BCUT2D eigenvalue weighted by molar-refractivity contribution is 7.22. The molecule has 4 aromatic heterocycles. The molecule has 4 aliphatic rings. The zero-order valence-electron chi connectivity index (χ0n) is 24.0. The molecule has 232 valence electrons. The van der Waals surface area contributed by atoms with Gasteiger partial charge in [0.25, 0.3) is 5.56 Å². The number of benzene rings is 1. The summed E-state index contributed by atoms with van der Waals surface area (Å²) in [6, 6.07) is 2.25. The van der Waals surface area contributed by atoms with Crippen molar-refractivity contribution >= 4 is 37.6 Å². The lowest BCUT2D eigenvalue weighted by molar-refractivity contribution is 0.107. The molecule has 1 aliphatic carbocycles. The molecule has 1 saturated carbocycles. The molecule has 45 heavy (non-hydrogen) atoms. The topological polar surface area (TPSA) is 129 Å². The van der Waals surface area contributed by atoms with Gasteiger partial charge in [0.15, 0.2) is 16.8 Å².